The predicted molar refractivity (Wildman–Crippen MR) is 118 cm³/mol. The molecule has 1 unspecified atom stereocenters. The topological polar surface area (TPSA) is 64.4 Å². The highest BCUT2D eigenvalue weighted by atomic mass is 35.5. The molecule has 158 valence electrons. The minimum absolute atomic E-state index is 0.109. The molecule has 0 radical (unpaired) electrons. The maximum Gasteiger partial charge on any atom is 0.262 e. The normalized spacial score (nSPS) is 17.1. The molecule has 1 saturated heterocycles. The van der Waals surface area contributed by atoms with E-state index in [0.29, 0.717) is 46.7 Å². The predicted octanol–water partition coefficient (Wildman–Crippen LogP) is 3.97. The van der Waals surface area contributed by atoms with E-state index in [-0.39, 0.29) is 17.2 Å². The van der Waals surface area contributed by atoms with Crippen LogP contribution in [0.15, 0.2) is 28.2 Å². The van der Waals surface area contributed by atoms with Crippen molar-refractivity contribution in [3.05, 3.63) is 33.6 Å². The van der Waals surface area contributed by atoms with Crippen molar-refractivity contribution in [2.75, 3.05) is 26.0 Å². The van der Waals surface area contributed by atoms with Crippen LogP contribution in [0.3, 0.4) is 0 Å². The minimum atomic E-state index is -0.109. The fraction of sp³-hybridized carbons (Fsp3) is 0.571. The Kier molecular flexibility index (Phi) is 7.98. The number of carbonyl (C=O) groups is 1. The van der Waals surface area contributed by atoms with Gasteiger partial charge in [-0.05, 0) is 50.3 Å². The third-order valence-electron chi connectivity index (χ3n) is 5.36. The molecule has 1 amide bonds. The molecule has 0 spiro atoms. The van der Waals surface area contributed by atoms with Crippen molar-refractivity contribution < 1.29 is 9.53 Å². The summed E-state index contributed by atoms with van der Waals surface area (Å²) in [5.74, 6) is 0.393. The molecule has 0 aliphatic carbocycles. The lowest BCUT2D eigenvalue weighted by Crippen LogP contribution is -2.44. The van der Waals surface area contributed by atoms with Crippen LogP contribution in [0, 0.1) is 0 Å². The Morgan fingerprint density at radius 1 is 1.38 bits per heavy atom. The number of hydrogen-bond donors (Lipinski definition) is 0. The molecule has 6 nitrogen and oxygen atoms in total. The number of fused-ring (bicyclic) bond motifs is 1. The summed E-state index contributed by atoms with van der Waals surface area (Å²) in [6.07, 6.45) is 4.98. The van der Waals surface area contributed by atoms with E-state index < -0.39 is 0 Å². The van der Waals surface area contributed by atoms with E-state index in [9.17, 15) is 9.59 Å². The van der Waals surface area contributed by atoms with Crippen molar-refractivity contribution in [2.24, 2.45) is 0 Å². The summed E-state index contributed by atoms with van der Waals surface area (Å²) >= 11 is 7.42. The second-order valence-electron chi connectivity index (χ2n) is 7.29. The average molecular weight is 438 g/mol. The molecule has 1 aromatic heterocycles. The molecule has 2 aromatic rings. The fourth-order valence-electron chi connectivity index (χ4n) is 3.81. The maximum atomic E-state index is 13.0. The molecular formula is C21H28ClN3O3S. The number of benzene rings is 1. The van der Waals surface area contributed by atoms with E-state index in [4.69, 9.17) is 16.3 Å². The van der Waals surface area contributed by atoms with Gasteiger partial charge in [-0.2, -0.15) is 0 Å². The molecule has 3 rings (SSSR count). The van der Waals surface area contributed by atoms with Gasteiger partial charge >= 0.3 is 0 Å². The van der Waals surface area contributed by atoms with Gasteiger partial charge in [-0.3, -0.25) is 14.2 Å². The van der Waals surface area contributed by atoms with Crippen molar-refractivity contribution in [3.63, 3.8) is 0 Å². The van der Waals surface area contributed by atoms with Gasteiger partial charge in [0.2, 0.25) is 5.91 Å². The van der Waals surface area contributed by atoms with Crippen LogP contribution >= 0.6 is 23.4 Å². The lowest BCUT2D eigenvalue weighted by atomic mass is 10.0. The standard InChI is InChI=1S/C21H28ClN3O3S/c1-3-16-7-4-5-10-24(16)19(26)14-29-21-23-18-13-15(22)8-9-17(18)20(27)25(21)11-6-12-28-2/h8-9,13,16H,3-7,10-12,14H2,1-2H3. The van der Waals surface area contributed by atoms with E-state index in [1.807, 2.05) is 4.90 Å². The number of rotatable bonds is 8. The Morgan fingerprint density at radius 2 is 2.21 bits per heavy atom. The first-order valence-corrected chi connectivity index (χ1v) is 11.5. The lowest BCUT2D eigenvalue weighted by molar-refractivity contribution is -0.132. The van der Waals surface area contributed by atoms with Crippen molar-refractivity contribution >= 4 is 40.2 Å². The van der Waals surface area contributed by atoms with E-state index in [2.05, 4.69) is 11.9 Å². The molecule has 0 N–H and O–H groups in total. The summed E-state index contributed by atoms with van der Waals surface area (Å²) in [5, 5.41) is 1.62. The SMILES string of the molecule is CCC1CCCCN1C(=O)CSc1nc2cc(Cl)ccc2c(=O)n1CCCOC. The summed E-state index contributed by atoms with van der Waals surface area (Å²) in [7, 11) is 1.64. The van der Waals surface area contributed by atoms with Crippen LogP contribution in [-0.2, 0) is 16.1 Å². The minimum Gasteiger partial charge on any atom is -0.385 e. The third kappa shape index (κ3) is 5.32. The Labute approximate surface area is 180 Å². The van der Waals surface area contributed by atoms with Gasteiger partial charge in [0.05, 0.1) is 16.7 Å². The zero-order valence-corrected chi connectivity index (χ0v) is 18.6. The molecule has 0 bridgehead atoms. The van der Waals surface area contributed by atoms with E-state index in [0.717, 1.165) is 25.8 Å². The van der Waals surface area contributed by atoms with Crippen LogP contribution < -0.4 is 5.56 Å². The summed E-state index contributed by atoms with van der Waals surface area (Å²) in [5.41, 5.74) is 0.451. The molecule has 1 aliphatic rings. The second-order valence-corrected chi connectivity index (χ2v) is 8.67. The van der Waals surface area contributed by atoms with Gasteiger partial charge in [0.1, 0.15) is 0 Å². The highest BCUT2D eigenvalue weighted by Gasteiger charge is 2.25. The number of halogens is 1. The van der Waals surface area contributed by atoms with Crippen LogP contribution in [0.5, 0.6) is 0 Å². The molecule has 2 heterocycles. The van der Waals surface area contributed by atoms with Gasteiger partial charge < -0.3 is 9.64 Å². The van der Waals surface area contributed by atoms with Crippen LogP contribution in [-0.4, -0.2) is 52.4 Å². The summed E-state index contributed by atoms with van der Waals surface area (Å²) < 4.78 is 6.78. The first-order valence-electron chi connectivity index (χ1n) is 10.2. The summed E-state index contributed by atoms with van der Waals surface area (Å²) in [4.78, 5) is 32.6. The number of amides is 1. The van der Waals surface area contributed by atoms with Crippen LogP contribution in [0.4, 0.5) is 0 Å². The maximum absolute atomic E-state index is 13.0. The number of ether oxygens (including phenoxy) is 1. The van der Waals surface area contributed by atoms with Crippen molar-refractivity contribution in [1.82, 2.24) is 14.5 Å². The molecular weight excluding hydrogens is 410 g/mol. The van der Waals surface area contributed by atoms with E-state index in [1.54, 1.807) is 29.9 Å². The molecule has 1 atom stereocenters. The third-order valence-corrected chi connectivity index (χ3v) is 6.55. The molecule has 0 saturated carbocycles. The largest absolute Gasteiger partial charge is 0.385 e. The Balaban J connectivity index is 1.85. The van der Waals surface area contributed by atoms with Crippen molar-refractivity contribution in [1.29, 1.82) is 0 Å². The van der Waals surface area contributed by atoms with Gasteiger partial charge in [0.25, 0.3) is 5.56 Å². The highest BCUT2D eigenvalue weighted by molar-refractivity contribution is 7.99. The first-order chi connectivity index (χ1) is 14.0. The number of likely N-dealkylation sites (tertiary alicyclic amines) is 1. The van der Waals surface area contributed by atoms with Gasteiger partial charge in [0.15, 0.2) is 5.16 Å². The number of nitrogens with zero attached hydrogens (tertiary/aromatic N) is 3. The summed E-state index contributed by atoms with van der Waals surface area (Å²) in [6.45, 7) is 4.00. The lowest BCUT2D eigenvalue weighted by Gasteiger charge is -2.35. The van der Waals surface area contributed by atoms with Gasteiger partial charge in [0, 0.05) is 37.9 Å². The molecule has 1 aromatic carbocycles. The fourth-order valence-corrected chi connectivity index (χ4v) is 4.89. The zero-order valence-electron chi connectivity index (χ0n) is 17.0. The number of carbonyl (C=O) groups excluding carboxylic acids is 1. The summed E-state index contributed by atoms with van der Waals surface area (Å²) in [6, 6.07) is 5.42. The smallest absolute Gasteiger partial charge is 0.262 e. The number of thioether (sulfide) groups is 1. The Morgan fingerprint density at radius 3 is 2.97 bits per heavy atom. The molecule has 1 fully saturated rings. The van der Waals surface area contributed by atoms with Crippen LogP contribution in [0.2, 0.25) is 5.02 Å². The number of aromatic nitrogens is 2. The van der Waals surface area contributed by atoms with Gasteiger partial charge in [-0.15, -0.1) is 0 Å². The molecule has 8 heteroatoms. The second kappa shape index (κ2) is 10.5. The van der Waals surface area contributed by atoms with Crippen molar-refractivity contribution in [2.45, 2.75) is 56.8 Å². The van der Waals surface area contributed by atoms with Gasteiger partial charge in [-0.1, -0.05) is 30.3 Å². The zero-order chi connectivity index (χ0) is 20.8. The number of piperidine rings is 1. The van der Waals surface area contributed by atoms with Crippen LogP contribution in [0.1, 0.15) is 39.0 Å². The molecule has 29 heavy (non-hydrogen) atoms. The van der Waals surface area contributed by atoms with Crippen LogP contribution in [0.25, 0.3) is 10.9 Å². The average Bonchev–Trinajstić information content (AvgIpc) is 2.73. The highest BCUT2D eigenvalue weighted by Crippen LogP contribution is 2.24. The van der Waals surface area contributed by atoms with E-state index in [1.165, 1.54) is 18.2 Å². The Bertz CT molecular complexity index is 918. The quantitative estimate of drug-likeness (QED) is 0.355. The number of hydrogen-bond acceptors (Lipinski definition) is 5. The van der Waals surface area contributed by atoms with Gasteiger partial charge in [-0.25, -0.2) is 4.98 Å². The monoisotopic (exact) mass is 437 g/mol. The Hall–Kier alpha value is -1.57. The van der Waals surface area contributed by atoms with Crippen molar-refractivity contribution in [3.8, 4) is 0 Å². The van der Waals surface area contributed by atoms with E-state index >= 15 is 0 Å². The molecule has 1 aliphatic heterocycles. The first kappa shape index (κ1) is 22.1. The number of methoxy groups -OCH3 is 1.